The van der Waals surface area contributed by atoms with Crippen molar-refractivity contribution in [1.82, 2.24) is 5.01 Å². The summed E-state index contributed by atoms with van der Waals surface area (Å²) in [6.07, 6.45) is -0.191. The lowest BCUT2D eigenvalue weighted by Gasteiger charge is -2.22. The van der Waals surface area contributed by atoms with Crippen LogP contribution in [0.1, 0.15) is 36.4 Å². The Morgan fingerprint density at radius 2 is 1.89 bits per heavy atom. The molecule has 0 fully saturated rings. The molecule has 27 heavy (non-hydrogen) atoms. The second kappa shape index (κ2) is 7.90. The van der Waals surface area contributed by atoms with Gasteiger partial charge in [-0.1, -0.05) is 18.2 Å². The molecule has 1 aliphatic heterocycles. The topological polar surface area (TPSA) is 102 Å². The molecule has 0 radical (unpaired) electrons. The van der Waals surface area contributed by atoms with Gasteiger partial charge in [0.25, 0.3) is 0 Å². The minimum Gasteiger partial charge on any atom is -0.550 e. The molecule has 7 nitrogen and oxygen atoms in total. The molecule has 2 aromatic rings. The van der Waals surface area contributed by atoms with Crippen LogP contribution < -0.4 is 9.84 Å². The van der Waals surface area contributed by atoms with E-state index in [1.54, 1.807) is 43.5 Å². The second-order valence-electron chi connectivity index (χ2n) is 6.16. The van der Waals surface area contributed by atoms with E-state index in [2.05, 4.69) is 5.10 Å². The molecule has 3 rings (SSSR count). The van der Waals surface area contributed by atoms with Gasteiger partial charge in [0.2, 0.25) is 5.91 Å². The molecule has 1 aliphatic rings. The van der Waals surface area contributed by atoms with Gasteiger partial charge in [-0.05, 0) is 42.3 Å². The number of phenols is 1. The number of phenolic OH excluding ortho intramolecular Hbond substituents is 1. The highest BCUT2D eigenvalue weighted by atomic mass is 16.5. The molecular formula is C20H19N2O5-. The number of hydrazone groups is 1. The molecule has 0 unspecified atom stereocenters. The summed E-state index contributed by atoms with van der Waals surface area (Å²) in [6.45, 7) is 0. The predicted octanol–water partition coefficient (Wildman–Crippen LogP) is 1.61. The maximum Gasteiger partial charge on any atom is 0.243 e. The van der Waals surface area contributed by atoms with E-state index in [-0.39, 0.29) is 18.6 Å². The molecule has 0 aliphatic carbocycles. The molecular weight excluding hydrogens is 348 g/mol. The Morgan fingerprint density at radius 3 is 2.52 bits per heavy atom. The molecule has 1 N–H and O–H groups in total. The van der Waals surface area contributed by atoms with E-state index in [1.807, 2.05) is 12.1 Å². The number of carbonyl (C=O) groups excluding carboxylic acids is 2. The van der Waals surface area contributed by atoms with Crippen molar-refractivity contribution in [2.24, 2.45) is 5.10 Å². The largest absolute Gasteiger partial charge is 0.550 e. The standard InChI is InChI=1S/C20H20N2O5/c1-27-14-8-6-13(7-9-14)16-12-17(15-4-2-3-5-18(15)23)22(21-16)19(24)10-11-20(25)26/h2-9,17,23H,10-12H2,1H3,(H,25,26)/p-1/t17-/m0/s1. The molecule has 0 spiro atoms. The smallest absolute Gasteiger partial charge is 0.243 e. The lowest BCUT2D eigenvalue weighted by Crippen LogP contribution is -2.29. The number of benzene rings is 2. The maximum atomic E-state index is 12.5. The van der Waals surface area contributed by atoms with Crippen molar-refractivity contribution >= 4 is 17.6 Å². The number of rotatable bonds is 6. The van der Waals surface area contributed by atoms with Crippen molar-refractivity contribution in [3.8, 4) is 11.5 Å². The van der Waals surface area contributed by atoms with Crippen LogP contribution in [0.25, 0.3) is 0 Å². The van der Waals surface area contributed by atoms with Gasteiger partial charge in [-0.15, -0.1) is 0 Å². The number of amides is 1. The number of hydrogen-bond acceptors (Lipinski definition) is 6. The molecule has 140 valence electrons. The van der Waals surface area contributed by atoms with Crippen molar-refractivity contribution < 1.29 is 24.5 Å². The van der Waals surface area contributed by atoms with Crippen LogP contribution in [0.2, 0.25) is 0 Å². The van der Waals surface area contributed by atoms with Crippen molar-refractivity contribution in [2.75, 3.05) is 7.11 Å². The van der Waals surface area contributed by atoms with E-state index in [1.165, 1.54) is 5.01 Å². The number of aliphatic carboxylic acids is 1. The van der Waals surface area contributed by atoms with Crippen LogP contribution in [0.4, 0.5) is 0 Å². The number of nitrogens with zero attached hydrogens (tertiary/aromatic N) is 2. The molecule has 1 atom stereocenters. The number of carboxylic acid groups (broad SMARTS) is 1. The zero-order valence-corrected chi connectivity index (χ0v) is 14.8. The summed E-state index contributed by atoms with van der Waals surface area (Å²) in [5.41, 5.74) is 2.06. The summed E-state index contributed by atoms with van der Waals surface area (Å²) < 4.78 is 5.15. The Hall–Kier alpha value is -3.35. The van der Waals surface area contributed by atoms with Crippen LogP contribution in [-0.2, 0) is 9.59 Å². The molecule has 0 bridgehead atoms. The summed E-state index contributed by atoms with van der Waals surface area (Å²) in [5, 5.41) is 26.6. The number of para-hydroxylation sites is 1. The first kappa shape index (κ1) is 18.4. The van der Waals surface area contributed by atoms with Gasteiger partial charge in [-0.25, -0.2) is 5.01 Å². The Labute approximate surface area is 156 Å². The van der Waals surface area contributed by atoms with Gasteiger partial charge < -0.3 is 19.7 Å². The van der Waals surface area contributed by atoms with Crippen molar-refractivity contribution in [3.63, 3.8) is 0 Å². The van der Waals surface area contributed by atoms with Crippen LogP contribution in [0, 0.1) is 0 Å². The van der Waals surface area contributed by atoms with Crippen LogP contribution in [-0.4, -0.2) is 34.8 Å². The summed E-state index contributed by atoms with van der Waals surface area (Å²) >= 11 is 0. The van der Waals surface area contributed by atoms with Crippen molar-refractivity contribution in [2.45, 2.75) is 25.3 Å². The molecule has 7 heteroatoms. The molecule has 0 aromatic heterocycles. The lowest BCUT2D eigenvalue weighted by atomic mass is 9.97. The Morgan fingerprint density at radius 1 is 1.19 bits per heavy atom. The highest BCUT2D eigenvalue weighted by Gasteiger charge is 2.34. The third-order valence-corrected chi connectivity index (χ3v) is 4.43. The fraction of sp³-hybridized carbons (Fsp3) is 0.250. The average Bonchev–Trinajstić information content (AvgIpc) is 3.11. The zero-order chi connectivity index (χ0) is 19.4. The van der Waals surface area contributed by atoms with Gasteiger partial charge in [0, 0.05) is 24.4 Å². The van der Waals surface area contributed by atoms with E-state index in [0.717, 1.165) is 5.56 Å². The summed E-state index contributed by atoms with van der Waals surface area (Å²) in [6, 6.07) is 13.5. The monoisotopic (exact) mass is 367 g/mol. The fourth-order valence-electron chi connectivity index (χ4n) is 3.03. The first-order valence-electron chi connectivity index (χ1n) is 8.51. The zero-order valence-electron chi connectivity index (χ0n) is 14.8. The molecule has 0 saturated carbocycles. The Balaban J connectivity index is 1.91. The lowest BCUT2D eigenvalue weighted by molar-refractivity contribution is -0.305. The minimum absolute atomic E-state index is 0.0615. The molecule has 0 saturated heterocycles. The van der Waals surface area contributed by atoms with Gasteiger partial charge in [0.15, 0.2) is 0 Å². The third kappa shape index (κ3) is 4.08. The fourth-order valence-corrected chi connectivity index (χ4v) is 3.03. The third-order valence-electron chi connectivity index (χ3n) is 4.43. The Bertz CT molecular complexity index is 876. The van der Waals surface area contributed by atoms with Gasteiger partial charge in [-0.3, -0.25) is 4.79 Å². The SMILES string of the molecule is COc1ccc(C2=NN(C(=O)CCC(=O)[O-])[C@H](c3ccccc3O)C2)cc1. The number of aromatic hydroxyl groups is 1. The van der Waals surface area contributed by atoms with Gasteiger partial charge in [0.05, 0.1) is 18.9 Å². The highest BCUT2D eigenvalue weighted by molar-refractivity contribution is 6.03. The number of ether oxygens (including phenoxy) is 1. The van der Waals surface area contributed by atoms with E-state index in [9.17, 15) is 19.8 Å². The summed E-state index contributed by atoms with van der Waals surface area (Å²) in [7, 11) is 1.58. The van der Waals surface area contributed by atoms with Crippen molar-refractivity contribution in [3.05, 3.63) is 59.7 Å². The van der Waals surface area contributed by atoms with Gasteiger partial charge in [0.1, 0.15) is 11.5 Å². The second-order valence-corrected chi connectivity index (χ2v) is 6.16. The van der Waals surface area contributed by atoms with Crippen LogP contribution >= 0.6 is 0 Å². The van der Waals surface area contributed by atoms with E-state index >= 15 is 0 Å². The minimum atomic E-state index is -1.29. The van der Waals surface area contributed by atoms with Crippen molar-refractivity contribution in [1.29, 1.82) is 0 Å². The molecule has 1 amide bonds. The number of methoxy groups -OCH3 is 1. The van der Waals surface area contributed by atoms with E-state index in [0.29, 0.717) is 23.4 Å². The maximum absolute atomic E-state index is 12.5. The quantitative estimate of drug-likeness (QED) is 0.836. The number of hydrogen-bond donors (Lipinski definition) is 1. The highest BCUT2D eigenvalue weighted by Crippen LogP contribution is 2.37. The summed E-state index contributed by atoms with van der Waals surface area (Å²) in [4.78, 5) is 23.2. The predicted molar refractivity (Wildman–Crippen MR) is 96.1 cm³/mol. The van der Waals surface area contributed by atoms with Gasteiger partial charge in [-0.2, -0.15) is 5.10 Å². The molecule has 2 aromatic carbocycles. The number of carboxylic acids is 1. The molecule has 1 heterocycles. The van der Waals surface area contributed by atoms with Crippen LogP contribution in [0.15, 0.2) is 53.6 Å². The first-order chi connectivity index (χ1) is 13.0. The number of carbonyl (C=O) groups is 2. The summed E-state index contributed by atoms with van der Waals surface area (Å²) in [5.74, 6) is -0.958. The van der Waals surface area contributed by atoms with E-state index < -0.39 is 17.9 Å². The normalized spacial score (nSPS) is 16.1. The average molecular weight is 367 g/mol. The Kier molecular flexibility index (Phi) is 5.40. The van der Waals surface area contributed by atoms with Gasteiger partial charge >= 0.3 is 0 Å². The van der Waals surface area contributed by atoms with Crippen LogP contribution in [0.5, 0.6) is 11.5 Å². The van der Waals surface area contributed by atoms with Crippen LogP contribution in [0.3, 0.4) is 0 Å². The van der Waals surface area contributed by atoms with E-state index in [4.69, 9.17) is 4.74 Å². The first-order valence-corrected chi connectivity index (χ1v) is 8.51.